The summed E-state index contributed by atoms with van der Waals surface area (Å²) < 4.78 is 62.1. The number of hydrogen-bond acceptors (Lipinski definition) is 3. The molecule has 0 bridgehead atoms. The smallest absolute Gasteiger partial charge is 0.304 e. The summed E-state index contributed by atoms with van der Waals surface area (Å²) >= 11 is 0. The van der Waals surface area contributed by atoms with Crippen molar-refractivity contribution in [2.24, 2.45) is 0 Å². The quantitative estimate of drug-likeness (QED) is 0.749. The fourth-order valence-electron chi connectivity index (χ4n) is 1.58. The minimum absolute atomic E-state index is 0.122. The summed E-state index contributed by atoms with van der Waals surface area (Å²) in [5.74, 6) is 0. The molecule has 110 valence electrons. The Morgan fingerprint density at radius 2 is 1.61 bits per heavy atom. The minimum Gasteiger partial charge on any atom is -0.304 e. The second-order valence-corrected chi connectivity index (χ2v) is 6.56. The van der Waals surface area contributed by atoms with Crippen molar-refractivity contribution in [3.05, 3.63) is 0 Å². The average Bonchev–Trinajstić information content (AvgIpc) is 2.06. The molecule has 0 amide bonds. The lowest BCUT2D eigenvalue weighted by atomic mass is 10.1. The molecule has 0 saturated carbocycles. The van der Waals surface area contributed by atoms with Crippen LogP contribution in [0.5, 0.6) is 0 Å². The van der Waals surface area contributed by atoms with Crippen molar-refractivity contribution in [2.45, 2.75) is 57.9 Å². The molecule has 0 aromatic carbocycles. The van der Waals surface area contributed by atoms with Gasteiger partial charge < -0.3 is 5.32 Å². The van der Waals surface area contributed by atoms with E-state index in [4.69, 9.17) is 0 Å². The number of rotatable bonds is 7. The second kappa shape index (κ2) is 6.72. The van der Waals surface area contributed by atoms with Gasteiger partial charge in [0.2, 0.25) is 10.0 Å². The molecule has 0 aliphatic rings. The number of hydrogen-bond donors (Lipinski definition) is 2. The van der Waals surface area contributed by atoms with Crippen LogP contribution >= 0.6 is 0 Å². The van der Waals surface area contributed by atoms with E-state index in [0.29, 0.717) is 0 Å². The zero-order chi connectivity index (χ0) is 14.6. The molecule has 8 heteroatoms. The van der Waals surface area contributed by atoms with Gasteiger partial charge in [-0.2, -0.15) is 13.2 Å². The molecule has 0 heterocycles. The maximum atomic E-state index is 12.7. The lowest BCUT2D eigenvalue weighted by molar-refractivity contribution is -0.159. The van der Waals surface area contributed by atoms with Gasteiger partial charge in [-0.05, 0) is 19.8 Å². The summed E-state index contributed by atoms with van der Waals surface area (Å²) in [6, 6.07) is -2.41. The van der Waals surface area contributed by atoms with Gasteiger partial charge in [-0.1, -0.05) is 13.8 Å². The Balaban J connectivity index is 4.35. The number of halogens is 3. The van der Waals surface area contributed by atoms with E-state index in [1.807, 2.05) is 0 Å². The van der Waals surface area contributed by atoms with Crippen LogP contribution in [0.1, 0.15) is 33.6 Å². The summed E-state index contributed by atoms with van der Waals surface area (Å²) in [6.07, 6.45) is -3.38. The first-order chi connectivity index (χ1) is 7.92. The van der Waals surface area contributed by atoms with Gasteiger partial charge in [0, 0.05) is 12.1 Å². The summed E-state index contributed by atoms with van der Waals surface area (Å²) in [5, 5.41) is 2.44. The number of sulfonamides is 1. The first-order valence-corrected chi connectivity index (χ1v) is 7.61. The van der Waals surface area contributed by atoms with Crippen LogP contribution in [0, 0.1) is 0 Å². The van der Waals surface area contributed by atoms with E-state index in [1.165, 1.54) is 0 Å². The van der Waals surface area contributed by atoms with E-state index in [1.54, 1.807) is 20.8 Å². The Morgan fingerprint density at radius 1 is 1.11 bits per heavy atom. The molecule has 18 heavy (non-hydrogen) atoms. The molecular formula is C10H21F3N2O2S. The molecule has 2 unspecified atom stereocenters. The van der Waals surface area contributed by atoms with Gasteiger partial charge in [-0.3, -0.25) is 0 Å². The highest BCUT2D eigenvalue weighted by molar-refractivity contribution is 7.88. The van der Waals surface area contributed by atoms with Gasteiger partial charge in [0.15, 0.2) is 0 Å². The summed E-state index contributed by atoms with van der Waals surface area (Å²) in [4.78, 5) is 0. The van der Waals surface area contributed by atoms with Crippen molar-refractivity contribution < 1.29 is 21.6 Å². The van der Waals surface area contributed by atoms with Gasteiger partial charge in [-0.25, -0.2) is 13.1 Å². The van der Waals surface area contributed by atoms with Crippen LogP contribution in [-0.4, -0.2) is 39.0 Å². The van der Waals surface area contributed by atoms with Gasteiger partial charge in [0.25, 0.3) is 0 Å². The van der Waals surface area contributed by atoms with E-state index in [0.717, 1.165) is 6.26 Å². The lowest BCUT2D eigenvalue weighted by Gasteiger charge is -2.25. The standard InChI is InChI=1S/C10H21F3N2O2S/c1-7(2)14-9(10(11,12)13)6-5-8(3)15-18(4,16)17/h7-9,14-15H,5-6H2,1-4H3. The normalized spacial score (nSPS) is 16.9. The zero-order valence-corrected chi connectivity index (χ0v) is 11.8. The molecule has 4 nitrogen and oxygen atoms in total. The van der Waals surface area contributed by atoms with Crippen molar-refractivity contribution in [3.8, 4) is 0 Å². The van der Waals surface area contributed by atoms with E-state index >= 15 is 0 Å². The molecule has 0 aliphatic heterocycles. The molecule has 0 aromatic rings. The van der Waals surface area contributed by atoms with E-state index in [-0.39, 0.29) is 18.9 Å². The Labute approximate surface area is 106 Å². The molecule has 0 aromatic heterocycles. The predicted octanol–water partition coefficient (Wildman–Crippen LogP) is 1.63. The SMILES string of the molecule is CC(C)NC(CCC(C)NS(C)(=O)=O)C(F)(F)F. The Kier molecular flexibility index (Phi) is 6.59. The Morgan fingerprint density at radius 3 is 1.94 bits per heavy atom. The first kappa shape index (κ1) is 17.7. The highest BCUT2D eigenvalue weighted by atomic mass is 32.2. The van der Waals surface area contributed by atoms with Gasteiger partial charge >= 0.3 is 6.18 Å². The maximum absolute atomic E-state index is 12.7. The molecule has 0 rings (SSSR count). The number of alkyl halides is 3. The Hall–Kier alpha value is -0.340. The van der Waals surface area contributed by atoms with Crippen LogP contribution in [0.25, 0.3) is 0 Å². The monoisotopic (exact) mass is 290 g/mol. The third kappa shape index (κ3) is 8.71. The van der Waals surface area contributed by atoms with E-state index in [2.05, 4.69) is 10.0 Å². The number of nitrogens with one attached hydrogen (secondary N) is 2. The minimum atomic E-state index is -4.32. The van der Waals surface area contributed by atoms with Crippen LogP contribution in [0.4, 0.5) is 13.2 Å². The molecule has 2 atom stereocenters. The lowest BCUT2D eigenvalue weighted by Crippen LogP contribution is -2.46. The molecule has 0 radical (unpaired) electrons. The molecule has 0 fully saturated rings. The Bertz CT molecular complexity index is 342. The van der Waals surface area contributed by atoms with Crippen molar-refractivity contribution >= 4 is 10.0 Å². The molecular weight excluding hydrogens is 269 g/mol. The zero-order valence-electron chi connectivity index (χ0n) is 11.0. The van der Waals surface area contributed by atoms with E-state index in [9.17, 15) is 21.6 Å². The third-order valence-electron chi connectivity index (χ3n) is 2.23. The highest BCUT2D eigenvalue weighted by Gasteiger charge is 2.39. The van der Waals surface area contributed by atoms with Crippen LogP contribution in [0.15, 0.2) is 0 Å². The van der Waals surface area contributed by atoms with Gasteiger partial charge in [0.05, 0.1) is 6.26 Å². The molecule has 0 aliphatic carbocycles. The summed E-state index contributed by atoms with van der Waals surface area (Å²) in [6.45, 7) is 4.82. The maximum Gasteiger partial charge on any atom is 0.403 e. The van der Waals surface area contributed by atoms with Crippen LogP contribution in [0.3, 0.4) is 0 Å². The van der Waals surface area contributed by atoms with Crippen molar-refractivity contribution in [3.63, 3.8) is 0 Å². The van der Waals surface area contributed by atoms with E-state index < -0.39 is 28.3 Å². The fraction of sp³-hybridized carbons (Fsp3) is 1.00. The van der Waals surface area contributed by atoms with Crippen molar-refractivity contribution in [1.82, 2.24) is 10.0 Å². The average molecular weight is 290 g/mol. The fourth-order valence-corrected chi connectivity index (χ4v) is 2.43. The molecule has 0 saturated heterocycles. The highest BCUT2D eigenvalue weighted by Crippen LogP contribution is 2.24. The summed E-state index contributed by atoms with van der Waals surface area (Å²) in [5.41, 5.74) is 0. The van der Waals surface area contributed by atoms with Crippen molar-refractivity contribution in [1.29, 1.82) is 0 Å². The third-order valence-corrected chi connectivity index (χ3v) is 3.06. The van der Waals surface area contributed by atoms with Gasteiger partial charge in [-0.15, -0.1) is 0 Å². The summed E-state index contributed by atoms with van der Waals surface area (Å²) in [7, 11) is -3.38. The predicted molar refractivity (Wildman–Crippen MR) is 64.8 cm³/mol. The largest absolute Gasteiger partial charge is 0.403 e. The van der Waals surface area contributed by atoms with Gasteiger partial charge in [0.1, 0.15) is 6.04 Å². The molecule has 2 N–H and O–H groups in total. The second-order valence-electron chi connectivity index (χ2n) is 4.78. The van der Waals surface area contributed by atoms with Crippen molar-refractivity contribution in [2.75, 3.05) is 6.26 Å². The topological polar surface area (TPSA) is 58.2 Å². The van der Waals surface area contributed by atoms with Crippen LogP contribution < -0.4 is 10.0 Å². The van der Waals surface area contributed by atoms with Crippen LogP contribution in [0.2, 0.25) is 0 Å². The molecule has 0 spiro atoms. The first-order valence-electron chi connectivity index (χ1n) is 5.72. The van der Waals surface area contributed by atoms with Crippen LogP contribution in [-0.2, 0) is 10.0 Å².